The molecule has 0 aliphatic rings. The van der Waals surface area contributed by atoms with Crippen LogP contribution in [0.5, 0.6) is 0 Å². The van der Waals surface area contributed by atoms with Crippen LogP contribution in [0.15, 0.2) is 60.8 Å². The zero-order valence-corrected chi connectivity index (χ0v) is 19.9. The number of hydrogen-bond donors (Lipinski definition) is 3. The van der Waals surface area contributed by atoms with Crippen molar-refractivity contribution in [3.05, 3.63) is 83.0 Å². The minimum absolute atomic E-state index is 0. The second-order valence-corrected chi connectivity index (χ2v) is 6.08. The summed E-state index contributed by atoms with van der Waals surface area (Å²) in [7, 11) is 0. The number of H-pyrrole nitrogens is 1. The number of carbonyl (C=O) groups excluding carboxylic acids is 1. The molecular weight excluding hydrogens is 392 g/mol. The number of ketones is 1. The molecular formula is C21H13NNa2O5. The Bertz CT molecular complexity index is 1260. The number of fused-ring (bicyclic) bond motifs is 2. The summed E-state index contributed by atoms with van der Waals surface area (Å²) >= 11 is 0. The minimum atomic E-state index is -1.12. The molecule has 4 rings (SSSR count). The van der Waals surface area contributed by atoms with E-state index < -0.39 is 11.9 Å². The van der Waals surface area contributed by atoms with Crippen molar-refractivity contribution in [2.45, 2.75) is 0 Å². The van der Waals surface area contributed by atoms with E-state index in [0.717, 1.165) is 0 Å². The molecule has 0 aliphatic carbocycles. The average Bonchev–Trinajstić information content (AvgIpc) is 3.10. The van der Waals surface area contributed by atoms with E-state index in [0.29, 0.717) is 27.2 Å². The number of aromatic nitrogens is 1. The first-order valence-electron chi connectivity index (χ1n) is 8.12. The molecule has 0 aliphatic heterocycles. The third-order valence-electron chi connectivity index (χ3n) is 4.57. The Kier molecular flexibility index (Phi) is 7.45. The van der Waals surface area contributed by atoms with Crippen molar-refractivity contribution in [2.75, 3.05) is 0 Å². The van der Waals surface area contributed by atoms with Gasteiger partial charge in [-0.05, 0) is 17.5 Å². The summed E-state index contributed by atoms with van der Waals surface area (Å²) in [6.07, 6.45) is 1.46. The van der Waals surface area contributed by atoms with Gasteiger partial charge in [-0.25, -0.2) is 9.59 Å². The van der Waals surface area contributed by atoms with Gasteiger partial charge in [0.25, 0.3) is 0 Å². The molecule has 0 saturated carbocycles. The largest absolute Gasteiger partial charge is 0.478 e. The SMILES string of the molecule is O=C(O)c1cccc2c(C(=O)c3cccc4cccc(C(=O)O)c34)c[nH]c12.[Na].[Na]. The van der Waals surface area contributed by atoms with E-state index in [1.807, 2.05) is 0 Å². The van der Waals surface area contributed by atoms with Gasteiger partial charge in [0.1, 0.15) is 0 Å². The number of hydrogen-bond acceptors (Lipinski definition) is 3. The van der Waals surface area contributed by atoms with Crippen LogP contribution in [0.3, 0.4) is 0 Å². The van der Waals surface area contributed by atoms with Gasteiger partial charge in [0.05, 0.1) is 16.6 Å². The fraction of sp³-hybridized carbons (Fsp3) is 0. The maximum atomic E-state index is 13.2. The molecule has 0 amide bonds. The number of benzene rings is 3. The molecule has 29 heavy (non-hydrogen) atoms. The van der Waals surface area contributed by atoms with Crippen molar-refractivity contribution < 1.29 is 24.6 Å². The van der Waals surface area contributed by atoms with Crippen LogP contribution in [0.25, 0.3) is 21.7 Å². The minimum Gasteiger partial charge on any atom is -0.478 e. The molecule has 3 aromatic carbocycles. The van der Waals surface area contributed by atoms with Crippen LogP contribution >= 0.6 is 0 Å². The summed E-state index contributed by atoms with van der Waals surface area (Å²) in [5.41, 5.74) is 1.01. The van der Waals surface area contributed by atoms with Crippen molar-refractivity contribution in [3.63, 3.8) is 0 Å². The molecule has 0 spiro atoms. The summed E-state index contributed by atoms with van der Waals surface area (Å²) < 4.78 is 0. The van der Waals surface area contributed by atoms with Gasteiger partial charge in [-0.15, -0.1) is 0 Å². The number of carbonyl (C=O) groups is 3. The summed E-state index contributed by atoms with van der Waals surface area (Å²) in [6.45, 7) is 0. The van der Waals surface area contributed by atoms with Crippen LogP contribution in [0.1, 0.15) is 36.6 Å². The maximum Gasteiger partial charge on any atom is 0.337 e. The summed E-state index contributed by atoms with van der Waals surface area (Å²) in [4.78, 5) is 39.1. The first-order valence-corrected chi connectivity index (χ1v) is 8.12. The maximum absolute atomic E-state index is 13.2. The number of para-hydroxylation sites is 1. The smallest absolute Gasteiger partial charge is 0.337 e. The Morgan fingerprint density at radius 1 is 0.690 bits per heavy atom. The summed E-state index contributed by atoms with van der Waals surface area (Å²) in [5.74, 6) is -2.59. The average molecular weight is 405 g/mol. The Morgan fingerprint density at radius 3 is 1.86 bits per heavy atom. The normalized spacial score (nSPS) is 10.2. The molecule has 1 heterocycles. The Labute approximate surface area is 209 Å². The molecule has 0 saturated heterocycles. The van der Waals surface area contributed by atoms with E-state index in [2.05, 4.69) is 4.98 Å². The number of aromatic amines is 1. The van der Waals surface area contributed by atoms with E-state index in [1.165, 1.54) is 18.3 Å². The molecule has 6 nitrogen and oxygen atoms in total. The van der Waals surface area contributed by atoms with E-state index in [1.54, 1.807) is 42.5 Å². The zero-order chi connectivity index (χ0) is 19.1. The van der Waals surface area contributed by atoms with Gasteiger partial charge in [0.15, 0.2) is 5.78 Å². The van der Waals surface area contributed by atoms with Gasteiger partial charge < -0.3 is 15.2 Å². The third-order valence-corrected chi connectivity index (χ3v) is 4.57. The summed E-state index contributed by atoms with van der Waals surface area (Å²) in [6, 6.07) is 14.5. The van der Waals surface area contributed by atoms with Crippen LogP contribution in [0.4, 0.5) is 0 Å². The monoisotopic (exact) mass is 405 g/mol. The van der Waals surface area contributed by atoms with E-state index >= 15 is 0 Å². The topological polar surface area (TPSA) is 107 Å². The number of carboxylic acids is 2. The van der Waals surface area contributed by atoms with E-state index in [-0.39, 0.29) is 81.6 Å². The van der Waals surface area contributed by atoms with Crippen molar-refractivity contribution in [1.29, 1.82) is 0 Å². The standard InChI is InChI=1S/C21H13NO5.2Na/c23-19(16-10-22-18-12(16)6-3-9-15(18)21(26)27)13-7-1-4-11-5-2-8-14(17(11)13)20(24)25;;/h1-10,22H,(H,24,25)(H,26,27);;. The first-order chi connectivity index (χ1) is 13.0. The van der Waals surface area contributed by atoms with Gasteiger partial charge in [0, 0.05) is 87.2 Å². The van der Waals surface area contributed by atoms with Crippen molar-refractivity contribution in [1.82, 2.24) is 4.98 Å². The molecule has 3 N–H and O–H groups in total. The fourth-order valence-corrected chi connectivity index (χ4v) is 3.37. The number of aromatic carboxylic acids is 2. The number of rotatable bonds is 4. The third kappa shape index (κ3) is 4.05. The van der Waals surface area contributed by atoms with Crippen LogP contribution in [0, 0.1) is 0 Å². The van der Waals surface area contributed by atoms with Crippen molar-refractivity contribution in [2.24, 2.45) is 0 Å². The second kappa shape index (κ2) is 9.26. The van der Waals surface area contributed by atoms with Gasteiger partial charge in [-0.2, -0.15) is 0 Å². The molecule has 2 radical (unpaired) electrons. The van der Waals surface area contributed by atoms with E-state index in [4.69, 9.17) is 0 Å². The quantitative estimate of drug-likeness (QED) is 0.357. The Morgan fingerprint density at radius 2 is 1.24 bits per heavy atom. The fourth-order valence-electron chi connectivity index (χ4n) is 3.37. The zero-order valence-electron chi connectivity index (χ0n) is 15.9. The van der Waals surface area contributed by atoms with E-state index in [9.17, 15) is 24.6 Å². The first kappa shape index (κ1) is 23.3. The molecule has 4 aromatic rings. The van der Waals surface area contributed by atoms with Gasteiger partial charge in [-0.3, -0.25) is 4.79 Å². The second-order valence-electron chi connectivity index (χ2n) is 6.08. The Balaban J connectivity index is 0.00000150. The molecule has 0 atom stereocenters. The van der Waals surface area contributed by atoms with Crippen LogP contribution in [0.2, 0.25) is 0 Å². The molecule has 1 aromatic heterocycles. The van der Waals surface area contributed by atoms with Gasteiger partial charge in [0.2, 0.25) is 0 Å². The number of carboxylic acid groups (broad SMARTS) is 2. The van der Waals surface area contributed by atoms with Crippen molar-refractivity contribution >= 4 is 98.5 Å². The number of nitrogens with one attached hydrogen (secondary N) is 1. The molecule has 0 fully saturated rings. The van der Waals surface area contributed by atoms with Crippen LogP contribution < -0.4 is 0 Å². The summed E-state index contributed by atoms with van der Waals surface area (Å²) in [5, 5.41) is 20.3. The molecule has 8 heteroatoms. The van der Waals surface area contributed by atoms with Crippen molar-refractivity contribution in [3.8, 4) is 0 Å². The van der Waals surface area contributed by atoms with Gasteiger partial charge >= 0.3 is 11.9 Å². The molecule has 0 unspecified atom stereocenters. The van der Waals surface area contributed by atoms with Gasteiger partial charge in [-0.1, -0.05) is 42.5 Å². The predicted octanol–water partition coefficient (Wildman–Crippen LogP) is 3.19. The molecule has 0 bridgehead atoms. The molecule has 134 valence electrons. The Hall–Kier alpha value is -1.93. The predicted molar refractivity (Wildman–Crippen MR) is 111 cm³/mol. The van der Waals surface area contributed by atoms with Crippen LogP contribution in [-0.2, 0) is 0 Å². The van der Waals surface area contributed by atoms with Crippen LogP contribution in [-0.4, -0.2) is 92.0 Å².